The van der Waals surface area contributed by atoms with Gasteiger partial charge in [-0.2, -0.15) is 13.2 Å². The number of halogens is 3. The number of aryl methyl sites for hydroxylation is 1. The van der Waals surface area contributed by atoms with E-state index in [4.69, 9.17) is 10.5 Å². The van der Waals surface area contributed by atoms with E-state index in [0.29, 0.717) is 12.0 Å². The summed E-state index contributed by atoms with van der Waals surface area (Å²) < 4.78 is 42.9. The Morgan fingerprint density at radius 2 is 1.74 bits per heavy atom. The Labute approximate surface area is 130 Å². The lowest BCUT2D eigenvalue weighted by Gasteiger charge is -2.13. The predicted octanol–water partition coefficient (Wildman–Crippen LogP) is 4.46. The molecule has 1 amide bonds. The molecule has 0 aromatic heterocycles. The van der Waals surface area contributed by atoms with Gasteiger partial charge in [-0.25, -0.2) is 4.79 Å². The second-order valence-electron chi connectivity index (χ2n) is 5.45. The minimum Gasteiger partial charge on any atom is -0.441 e. The fraction of sp³-hybridized carbons (Fsp3) is 0.235. The molecule has 6 heteroatoms. The Bertz CT molecular complexity index is 738. The van der Waals surface area contributed by atoms with Crippen molar-refractivity contribution >= 4 is 6.09 Å². The maximum Gasteiger partial charge on any atom is 0.416 e. The molecule has 3 rings (SSSR count). The largest absolute Gasteiger partial charge is 0.441 e. The highest BCUT2D eigenvalue weighted by Gasteiger charge is 2.30. The molecule has 1 atom stereocenters. The van der Waals surface area contributed by atoms with Gasteiger partial charge in [0.2, 0.25) is 0 Å². The van der Waals surface area contributed by atoms with E-state index in [9.17, 15) is 18.0 Å². The van der Waals surface area contributed by atoms with Crippen LogP contribution < -0.4 is 5.73 Å². The zero-order chi connectivity index (χ0) is 16.6. The van der Waals surface area contributed by atoms with Gasteiger partial charge in [-0.05, 0) is 53.3 Å². The first-order valence-corrected chi connectivity index (χ1v) is 7.11. The Kier molecular flexibility index (Phi) is 3.75. The number of alkyl halides is 3. The van der Waals surface area contributed by atoms with Crippen LogP contribution in [0.1, 0.15) is 29.2 Å². The summed E-state index contributed by atoms with van der Waals surface area (Å²) in [7, 11) is 0. The van der Waals surface area contributed by atoms with Crippen molar-refractivity contribution in [2.75, 3.05) is 0 Å². The first-order valence-electron chi connectivity index (χ1n) is 7.11. The van der Waals surface area contributed by atoms with Crippen LogP contribution in [0, 0.1) is 0 Å². The summed E-state index contributed by atoms with van der Waals surface area (Å²) in [6.45, 7) is 0. The van der Waals surface area contributed by atoms with Crippen molar-refractivity contribution in [3.63, 3.8) is 0 Å². The third-order valence-corrected chi connectivity index (χ3v) is 3.97. The minimum atomic E-state index is -4.35. The van der Waals surface area contributed by atoms with Gasteiger partial charge in [0.15, 0.2) is 0 Å². The van der Waals surface area contributed by atoms with Gasteiger partial charge in [-0.3, -0.25) is 0 Å². The summed E-state index contributed by atoms with van der Waals surface area (Å²) in [6, 6.07) is 10.6. The lowest BCUT2D eigenvalue weighted by Crippen LogP contribution is -2.15. The average molecular weight is 321 g/mol. The number of amides is 1. The number of carbonyl (C=O) groups is 1. The summed E-state index contributed by atoms with van der Waals surface area (Å²) in [5, 5.41) is 0. The Morgan fingerprint density at radius 3 is 2.35 bits per heavy atom. The minimum absolute atomic E-state index is 0.392. The van der Waals surface area contributed by atoms with Crippen LogP contribution in [0.4, 0.5) is 18.0 Å². The number of nitrogens with two attached hydrogens (primary N) is 1. The van der Waals surface area contributed by atoms with Crippen LogP contribution in [0.5, 0.6) is 0 Å². The maximum absolute atomic E-state index is 12.6. The molecular weight excluding hydrogens is 307 g/mol. The molecule has 1 aliphatic rings. The van der Waals surface area contributed by atoms with Crippen molar-refractivity contribution in [2.45, 2.75) is 25.1 Å². The van der Waals surface area contributed by atoms with Gasteiger partial charge in [-0.1, -0.05) is 24.3 Å². The van der Waals surface area contributed by atoms with Crippen LogP contribution >= 0.6 is 0 Å². The molecule has 0 saturated heterocycles. The van der Waals surface area contributed by atoms with E-state index in [2.05, 4.69) is 0 Å². The Hall–Kier alpha value is -2.50. The van der Waals surface area contributed by atoms with E-state index in [1.54, 1.807) is 0 Å². The van der Waals surface area contributed by atoms with Gasteiger partial charge in [0.1, 0.15) is 6.10 Å². The summed E-state index contributed by atoms with van der Waals surface area (Å²) in [5.41, 5.74) is 7.76. The monoisotopic (exact) mass is 321 g/mol. The molecule has 0 heterocycles. The van der Waals surface area contributed by atoms with Crippen LogP contribution in [-0.4, -0.2) is 6.09 Å². The molecule has 120 valence electrons. The van der Waals surface area contributed by atoms with Gasteiger partial charge in [0.25, 0.3) is 0 Å². The van der Waals surface area contributed by atoms with E-state index < -0.39 is 23.9 Å². The van der Waals surface area contributed by atoms with E-state index in [1.165, 1.54) is 12.1 Å². The molecule has 3 nitrogen and oxygen atoms in total. The summed E-state index contributed by atoms with van der Waals surface area (Å²) >= 11 is 0. The zero-order valence-corrected chi connectivity index (χ0v) is 12.1. The van der Waals surface area contributed by atoms with Crippen molar-refractivity contribution in [3.8, 4) is 11.1 Å². The van der Waals surface area contributed by atoms with E-state index in [1.807, 2.05) is 18.2 Å². The Balaban J connectivity index is 1.91. The third kappa shape index (κ3) is 3.16. The van der Waals surface area contributed by atoms with Crippen LogP contribution in [0.2, 0.25) is 0 Å². The molecular formula is C17H14F3NO2. The SMILES string of the molecule is NC(=O)OC1CCc2ccc(-c3ccc(C(F)(F)F)cc3)cc21. The number of rotatable bonds is 2. The maximum atomic E-state index is 12.6. The van der Waals surface area contributed by atoms with E-state index >= 15 is 0 Å². The highest BCUT2D eigenvalue weighted by atomic mass is 19.4. The molecule has 2 aromatic carbocycles. The number of fused-ring (bicyclic) bond motifs is 1. The number of ether oxygens (including phenoxy) is 1. The van der Waals surface area contributed by atoms with Crippen molar-refractivity contribution in [3.05, 3.63) is 59.2 Å². The molecule has 0 fully saturated rings. The molecule has 23 heavy (non-hydrogen) atoms. The average Bonchev–Trinajstić information content (AvgIpc) is 2.88. The number of hydrogen-bond acceptors (Lipinski definition) is 2. The standard InChI is InChI=1S/C17H14F3NO2/c18-17(19,20)13-6-3-10(4-7-13)12-2-1-11-5-8-15(14(11)9-12)23-16(21)22/h1-4,6-7,9,15H,5,8H2,(H2,21,22). The normalized spacial score (nSPS) is 16.9. The Morgan fingerprint density at radius 1 is 1.09 bits per heavy atom. The molecule has 0 saturated carbocycles. The highest BCUT2D eigenvalue weighted by molar-refractivity contribution is 5.67. The van der Waals surface area contributed by atoms with E-state index in [-0.39, 0.29) is 0 Å². The van der Waals surface area contributed by atoms with Crippen LogP contribution in [-0.2, 0) is 17.3 Å². The molecule has 1 aliphatic carbocycles. The van der Waals surface area contributed by atoms with Crippen LogP contribution in [0.15, 0.2) is 42.5 Å². The fourth-order valence-electron chi connectivity index (χ4n) is 2.86. The molecule has 0 spiro atoms. The second-order valence-corrected chi connectivity index (χ2v) is 5.45. The number of primary amides is 1. The molecule has 1 unspecified atom stereocenters. The zero-order valence-electron chi connectivity index (χ0n) is 12.1. The molecule has 2 N–H and O–H groups in total. The highest BCUT2D eigenvalue weighted by Crippen LogP contribution is 2.37. The molecule has 2 aromatic rings. The van der Waals surface area contributed by atoms with Gasteiger partial charge in [-0.15, -0.1) is 0 Å². The smallest absolute Gasteiger partial charge is 0.416 e. The topological polar surface area (TPSA) is 52.3 Å². The summed E-state index contributed by atoms with van der Waals surface area (Å²) in [5.74, 6) is 0. The van der Waals surface area contributed by atoms with Gasteiger partial charge in [0.05, 0.1) is 5.56 Å². The van der Waals surface area contributed by atoms with Gasteiger partial charge >= 0.3 is 12.3 Å². The third-order valence-electron chi connectivity index (χ3n) is 3.97. The molecule has 0 bridgehead atoms. The van der Waals surface area contributed by atoms with Crippen LogP contribution in [0.25, 0.3) is 11.1 Å². The van der Waals surface area contributed by atoms with Crippen molar-refractivity contribution in [2.24, 2.45) is 5.73 Å². The van der Waals surface area contributed by atoms with Gasteiger partial charge < -0.3 is 10.5 Å². The lowest BCUT2D eigenvalue weighted by atomic mass is 9.99. The van der Waals surface area contributed by atoms with E-state index in [0.717, 1.165) is 35.2 Å². The predicted molar refractivity (Wildman–Crippen MR) is 78.6 cm³/mol. The number of hydrogen-bond donors (Lipinski definition) is 1. The van der Waals surface area contributed by atoms with Crippen molar-refractivity contribution in [1.29, 1.82) is 0 Å². The summed E-state index contributed by atoms with van der Waals surface area (Å²) in [4.78, 5) is 10.9. The quantitative estimate of drug-likeness (QED) is 0.888. The van der Waals surface area contributed by atoms with Gasteiger partial charge in [0, 0.05) is 0 Å². The lowest BCUT2D eigenvalue weighted by molar-refractivity contribution is -0.137. The van der Waals surface area contributed by atoms with Crippen molar-refractivity contribution < 1.29 is 22.7 Å². The first-order chi connectivity index (χ1) is 10.8. The van der Waals surface area contributed by atoms with Crippen LogP contribution in [0.3, 0.4) is 0 Å². The molecule has 0 aliphatic heterocycles. The molecule has 0 radical (unpaired) electrons. The summed E-state index contributed by atoms with van der Waals surface area (Å²) in [6.07, 6.45) is -4.13. The van der Waals surface area contributed by atoms with Crippen molar-refractivity contribution in [1.82, 2.24) is 0 Å². The number of carbonyl (C=O) groups excluding carboxylic acids is 1. The number of benzene rings is 2. The first kappa shape index (κ1) is 15.4. The second kappa shape index (κ2) is 5.61. The fourth-order valence-corrected chi connectivity index (χ4v) is 2.86.